The van der Waals surface area contributed by atoms with E-state index >= 15 is 0 Å². The van der Waals surface area contributed by atoms with Crippen molar-refractivity contribution in [3.05, 3.63) is 15.5 Å². The molecule has 1 aliphatic carbocycles. The molecule has 1 atom stereocenters. The number of aromatic nitrogens is 2. The highest BCUT2D eigenvalue weighted by Gasteiger charge is 2.43. The largest absolute Gasteiger partial charge is 0.375 e. The minimum atomic E-state index is 0.216. The number of halogens is 1. The first-order chi connectivity index (χ1) is 7.69. The SMILES string of the molecule is Cc1cn(C2CCOC3(CCC3)C2)nc1I. The van der Waals surface area contributed by atoms with Crippen LogP contribution < -0.4 is 0 Å². The summed E-state index contributed by atoms with van der Waals surface area (Å²) < 4.78 is 9.24. The van der Waals surface area contributed by atoms with Gasteiger partial charge in [-0.1, -0.05) is 0 Å². The van der Waals surface area contributed by atoms with Crippen LogP contribution >= 0.6 is 22.6 Å². The Hall–Kier alpha value is -0.100. The van der Waals surface area contributed by atoms with Crippen molar-refractivity contribution in [3.8, 4) is 0 Å². The highest BCUT2D eigenvalue weighted by Crippen LogP contribution is 2.45. The van der Waals surface area contributed by atoms with Crippen LogP contribution in [0.1, 0.15) is 43.7 Å². The maximum atomic E-state index is 5.95. The van der Waals surface area contributed by atoms with E-state index in [4.69, 9.17) is 4.74 Å². The van der Waals surface area contributed by atoms with Gasteiger partial charge < -0.3 is 4.74 Å². The van der Waals surface area contributed by atoms with Crippen molar-refractivity contribution in [3.63, 3.8) is 0 Å². The Morgan fingerprint density at radius 3 is 2.94 bits per heavy atom. The zero-order valence-electron chi connectivity index (χ0n) is 9.58. The summed E-state index contributed by atoms with van der Waals surface area (Å²) in [6.07, 6.45) is 8.29. The van der Waals surface area contributed by atoms with Crippen molar-refractivity contribution in [2.24, 2.45) is 0 Å². The van der Waals surface area contributed by atoms with Gasteiger partial charge in [-0.15, -0.1) is 0 Å². The molecule has 0 bridgehead atoms. The molecule has 2 fully saturated rings. The molecule has 3 nitrogen and oxygen atoms in total. The van der Waals surface area contributed by atoms with Crippen molar-refractivity contribution in [2.45, 2.75) is 50.7 Å². The molecule has 1 saturated carbocycles. The van der Waals surface area contributed by atoms with E-state index in [1.165, 1.54) is 24.8 Å². The first-order valence-corrected chi connectivity index (χ1v) is 7.12. The smallest absolute Gasteiger partial charge is 0.126 e. The molecule has 1 spiro atoms. The van der Waals surface area contributed by atoms with Crippen LogP contribution in [0, 0.1) is 10.6 Å². The molecule has 4 heteroatoms. The fourth-order valence-corrected chi connectivity index (χ4v) is 3.18. The molecular formula is C12H17IN2O. The number of aryl methyl sites for hydroxylation is 1. The third kappa shape index (κ3) is 1.79. The second kappa shape index (κ2) is 3.98. The molecule has 0 N–H and O–H groups in total. The van der Waals surface area contributed by atoms with E-state index in [0.29, 0.717) is 6.04 Å². The summed E-state index contributed by atoms with van der Waals surface area (Å²) >= 11 is 2.31. The summed E-state index contributed by atoms with van der Waals surface area (Å²) in [5.41, 5.74) is 1.50. The van der Waals surface area contributed by atoms with Gasteiger partial charge in [0.15, 0.2) is 0 Å². The lowest BCUT2D eigenvalue weighted by molar-refractivity contribution is -0.141. The third-order valence-corrected chi connectivity index (χ3v) is 5.03. The molecule has 1 aliphatic heterocycles. The molecule has 3 rings (SSSR count). The minimum Gasteiger partial charge on any atom is -0.375 e. The van der Waals surface area contributed by atoms with Crippen LogP contribution in [0.5, 0.6) is 0 Å². The van der Waals surface area contributed by atoms with Gasteiger partial charge in [-0.3, -0.25) is 4.68 Å². The third-order valence-electron chi connectivity index (χ3n) is 3.96. The van der Waals surface area contributed by atoms with Gasteiger partial charge in [0.25, 0.3) is 0 Å². The molecule has 88 valence electrons. The maximum Gasteiger partial charge on any atom is 0.126 e. The summed E-state index contributed by atoms with van der Waals surface area (Å²) in [5, 5.41) is 4.61. The molecule has 16 heavy (non-hydrogen) atoms. The lowest BCUT2D eigenvalue weighted by Crippen LogP contribution is -2.46. The van der Waals surface area contributed by atoms with E-state index in [0.717, 1.165) is 23.1 Å². The Labute approximate surface area is 110 Å². The van der Waals surface area contributed by atoms with Gasteiger partial charge in [0.1, 0.15) is 3.70 Å². The molecule has 0 aromatic carbocycles. The van der Waals surface area contributed by atoms with E-state index in [1.807, 2.05) is 0 Å². The highest BCUT2D eigenvalue weighted by atomic mass is 127. The van der Waals surface area contributed by atoms with Crippen LogP contribution in [-0.4, -0.2) is 22.0 Å². The van der Waals surface area contributed by atoms with E-state index in [1.54, 1.807) is 0 Å². The van der Waals surface area contributed by atoms with Crippen molar-refractivity contribution in [1.82, 2.24) is 9.78 Å². The first kappa shape index (κ1) is 11.0. The number of nitrogens with zero attached hydrogens (tertiary/aromatic N) is 2. The van der Waals surface area contributed by atoms with Gasteiger partial charge in [-0.25, -0.2) is 0 Å². The van der Waals surface area contributed by atoms with Gasteiger partial charge in [-0.05, 0) is 61.6 Å². The number of rotatable bonds is 1. The molecule has 2 aliphatic rings. The van der Waals surface area contributed by atoms with Crippen LogP contribution in [0.3, 0.4) is 0 Å². The second-order valence-corrected chi connectivity index (χ2v) is 6.14. The van der Waals surface area contributed by atoms with Crippen LogP contribution in [-0.2, 0) is 4.74 Å². The van der Waals surface area contributed by atoms with Crippen molar-refractivity contribution in [1.29, 1.82) is 0 Å². The van der Waals surface area contributed by atoms with Crippen molar-refractivity contribution < 1.29 is 4.74 Å². The van der Waals surface area contributed by atoms with Crippen molar-refractivity contribution >= 4 is 22.6 Å². The molecule has 1 unspecified atom stereocenters. The predicted octanol–water partition coefficient (Wildman–Crippen LogP) is 3.07. The van der Waals surface area contributed by atoms with Gasteiger partial charge in [-0.2, -0.15) is 5.10 Å². The monoisotopic (exact) mass is 332 g/mol. The van der Waals surface area contributed by atoms with E-state index in [2.05, 4.69) is 45.5 Å². The fraction of sp³-hybridized carbons (Fsp3) is 0.750. The summed E-state index contributed by atoms with van der Waals surface area (Å²) in [7, 11) is 0. The van der Waals surface area contributed by atoms with E-state index in [-0.39, 0.29) is 5.60 Å². The average Bonchev–Trinajstić information content (AvgIpc) is 2.57. The Morgan fingerprint density at radius 2 is 2.38 bits per heavy atom. The fourth-order valence-electron chi connectivity index (χ4n) is 2.80. The van der Waals surface area contributed by atoms with Crippen LogP contribution in [0.25, 0.3) is 0 Å². The molecule has 1 saturated heterocycles. The van der Waals surface area contributed by atoms with Crippen LogP contribution in [0.4, 0.5) is 0 Å². The summed E-state index contributed by atoms with van der Waals surface area (Å²) in [5.74, 6) is 0. The van der Waals surface area contributed by atoms with E-state index in [9.17, 15) is 0 Å². The van der Waals surface area contributed by atoms with Crippen molar-refractivity contribution in [2.75, 3.05) is 6.61 Å². The molecule has 1 aromatic rings. The zero-order chi connectivity index (χ0) is 11.2. The van der Waals surface area contributed by atoms with Gasteiger partial charge in [0, 0.05) is 18.4 Å². The lowest BCUT2D eigenvalue weighted by Gasteiger charge is -2.47. The van der Waals surface area contributed by atoms with Gasteiger partial charge in [0.2, 0.25) is 0 Å². The molecular weight excluding hydrogens is 315 g/mol. The molecule has 2 heterocycles. The quantitative estimate of drug-likeness (QED) is 0.739. The Morgan fingerprint density at radius 1 is 1.56 bits per heavy atom. The summed E-state index contributed by atoms with van der Waals surface area (Å²) in [6.45, 7) is 3.03. The normalized spacial score (nSPS) is 28.0. The Balaban J connectivity index is 1.79. The van der Waals surface area contributed by atoms with Crippen LogP contribution in [0.2, 0.25) is 0 Å². The Kier molecular flexibility index (Phi) is 2.74. The van der Waals surface area contributed by atoms with Crippen LogP contribution in [0.15, 0.2) is 6.20 Å². The number of hydrogen-bond acceptors (Lipinski definition) is 2. The number of hydrogen-bond donors (Lipinski definition) is 0. The lowest BCUT2D eigenvalue weighted by atomic mass is 9.74. The number of ether oxygens (including phenoxy) is 1. The predicted molar refractivity (Wildman–Crippen MR) is 70.5 cm³/mol. The topological polar surface area (TPSA) is 27.1 Å². The average molecular weight is 332 g/mol. The van der Waals surface area contributed by atoms with E-state index < -0.39 is 0 Å². The highest BCUT2D eigenvalue weighted by molar-refractivity contribution is 14.1. The van der Waals surface area contributed by atoms with Gasteiger partial charge >= 0.3 is 0 Å². The standard InChI is InChI=1S/C12H17IN2O/c1-9-8-15(14-11(9)13)10-3-6-16-12(7-10)4-2-5-12/h8,10H,2-7H2,1H3. The maximum absolute atomic E-state index is 5.95. The van der Waals surface area contributed by atoms with Gasteiger partial charge in [0.05, 0.1) is 11.6 Å². The zero-order valence-corrected chi connectivity index (χ0v) is 11.7. The molecule has 0 amide bonds. The minimum absolute atomic E-state index is 0.216. The summed E-state index contributed by atoms with van der Waals surface area (Å²) in [6, 6.07) is 0.552. The molecule has 0 radical (unpaired) electrons. The second-order valence-electron chi connectivity index (χ2n) is 5.11. The Bertz CT molecular complexity index is 378. The molecule has 1 aromatic heterocycles. The first-order valence-electron chi connectivity index (χ1n) is 6.04. The summed E-state index contributed by atoms with van der Waals surface area (Å²) in [4.78, 5) is 0.